The third-order valence-electron chi connectivity index (χ3n) is 4.92. The number of thiazole rings is 1. The second-order valence-electron chi connectivity index (χ2n) is 7.21. The third-order valence-corrected chi connectivity index (χ3v) is 8.29. The Hall–Kier alpha value is -2.92. The Kier molecular flexibility index (Phi) is 6.44. The summed E-state index contributed by atoms with van der Waals surface area (Å²) in [6.07, 6.45) is 1.52. The highest BCUT2D eigenvalue weighted by Gasteiger charge is 2.25. The van der Waals surface area contributed by atoms with E-state index in [-0.39, 0.29) is 17.3 Å². The molecule has 11 heteroatoms. The van der Waals surface area contributed by atoms with Crippen LogP contribution in [0, 0.1) is 0 Å². The van der Waals surface area contributed by atoms with Crippen LogP contribution in [0.5, 0.6) is 5.75 Å². The van der Waals surface area contributed by atoms with E-state index in [0.717, 1.165) is 4.31 Å². The van der Waals surface area contributed by atoms with E-state index in [9.17, 15) is 13.2 Å². The molecule has 0 radical (unpaired) electrons. The lowest BCUT2D eigenvalue weighted by Crippen LogP contribution is -2.30. The van der Waals surface area contributed by atoms with Crippen LogP contribution in [0.3, 0.4) is 0 Å². The van der Waals surface area contributed by atoms with Crippen LogP contribution < -0.4 is 9.64 Å². The number of sulfonamides is 1. The van der Waals surface area contributed by atoms with Gasteiger partial charge >= 0.3 is 0 Å². The van der Waals surface area contributed by atoms with Crippen LogP contribution in [0.4, 0.5) is 5.13 Å². The highest BCUT2D eigenvalue weighted by atomic mass is 35.5. The number of carbonyl (C=O) groups is 1. The number of fused-ring (bicyclic) bond motifs is 1. The molecule has 2 heterocycles. The number of rotatable bonds is 7. The molecule has 4 aromatic rings. The fourth-order valence-corrected chi connectivity index (χ4v) is 5.30. The maximum Gasteiger partial charge on any atom is 0.260 e. The van der Waals surface area contributed by atoms with Crippen molar-refractivity contribution >= 4 is 54.2 Å². The van der Waals surface area contributed by atoms with Gasteiger partial charge in [0.05, 0.1) is 34.5 Å². The largest absolute Gasteiger partial charge is 0.494 e. The SMILES string of the molecule is COc1ccc(Cl)c2sc(N(Cc3ccco3)C(=O)c3ccc(S(=O)(=O)N(C)C)cc3)nc12. The number of amides is 1. The van der Waals surface area contributed by atoms with Crippen molar-refractivity contribution in [1.82, 2.24) is 9.29 Å². The minimum atomic E-state index is -3.61. The van der Waals surface area contributed by atoms with Crippen LogP contribution in [0.25, 0.3) is 10.2 Å². The molecule has 0 aliphatic rings. The molecule has 0 fully saturated rings. The van der Waals surface area contributed by atoms with Crippen molar-refractivity contribution in [2.45, 2.75) is 11.4 Å². The Balaban J connectivity index is 1.76. The van der Waals surface area contributed by atoms with Crippen LogP contribution in [0.15, 0.2) is 64.1 Å². The van der Waals surface area contributed by atoms with Gasteiger partial charge in [0, 0.05) is 19.7 Å². The lowest BCUT2D eigenvalue weighted by Gasteiger charge is -2.19. The molecule has 0 N–H and O–H groups in total. The summed E-state index contributed by atoms with van der Waals surface area (Å²) in [5.74, 6) is 0.738. The highest BCUT2D eigenvalue weighted by Crippen LogP contribution is 2.39. The Morgan fingerprint density at radius 1 is 1.15 bits per heavy atom. The molecule has 33 heavy (non-hydrogen) atoms. The van der Waals surface area contributed by atoms with Gasteiger partial charge in [0.25, 0.3) is 5.91 Å². The number of methoxy groups -OCH3 is 1. The summed E-state index contributed by atoms with van der Waals surface area (Å²) in [4.78, 5) is 19.7. The van der Waals surface area contributed by atoms with E-state index in [0.29, 0.717) is 37.4 Å². The van der Waals surface area contributed by atoms with E-state index in [1.807, 2.05) is 0 Å². The number of ether oxygens (including phenoxy) is 1. The van der Waals surface area contributed by atoms with Crippen LogP contribution in [0.2, 0.25) is 5.02 Å². The summed E-state index contributed by atoms with van der Waals surface area (Å²) in [6.45, 7) is 0.128. The lowest BCUT2D eigenvalue weighted by molar-refractivity contribution is 0.0983. The molecule has 0 bridgehead atoms. The zero-order valence-electron chi connectivity index (χ0n) is 18.0. The lowest BCUT2D eigenvalue weighted by atomic mass is 10.2. The monoisotopic (exact) mass is 505 g/mol. The number of anilines is 1. The molecule has 0 unspecified atom stereocenters. The molecular weight excluding hydrogens is 486 g/mol. The first-order chi connectivity index (χ1) is 15.7. The number of carbonyl (C=O) groups excluding carboxylic acids is 1. The molecule has 0 aliphatic heterocycles. The second kappa shape index (κ2) is 9.14. The van der Waals surface area contributed by atoms with Gasteiger partial charge in [-0.2, -0.15) is 0 Å². The Morgan fingerprint density at radius 3 is 2.48 bits per heavy atom. The van der Waals surface area contributed by atoms with E-state index in [4.69, 9.17) is 20.8 Å². The van der Waals surface area contributed by atoms with Gasteiger partial charge in [0.2, 0.25) is 10.0 Å². The van der Waals surface area contributed by atoms with Gasteiger partial charge in [-0.1, -0.05) is 22.9 Å². The number of benzene rings is 2. The number of aromatic nitrogens is 1. The number of hydrogen-bond donors (Lipinski definition) is 0. The normalized spacial score (nSPS) is 11.8. The molecule has 0 saturated carbocycles. The molecule has 0 atom stereocenters. The number of nitrogens with zero attached hydrogens (tertiary/aromatic N) is 3. The molecule has 0 spiro atoms. The fourth-order valence-electron chi connectivity index (χ4n) is 3.14. The second-order valence-corrected chi connectivity index (χ2v) is 10.7. The molecular formula is C22H20ClN3O5S2. The summed E-state index contributed by atoms with van der Waals surface area (Å²) in [7, 11) is 0.831. The minimum absolute atomic E-state index is 0.0955. The highest BCUT2D eigenvalue weighted by molar-refractivity contribution is 7.89. The Morgan fingerprint density at radius 2 is 1.88 bits per heavy atom. The van der Waals surface area contributed by atoms with E-state index in [1.54, 1.807) is 24.3 Å². The first-order valence-electron chi connectivity index (χ1n) is 9.72. The zero-order chi connectivity index (χ0) is 23.8. The smallest absolute Gasteiger partial charge is 0.260 e. The van der Waals surface area contributed by atoms with Crippen molar-refractivity contribution in [1.29, 1.82) is 0 Å². The molecule has 1 amide bonds. The van der Waals surface area contributed by atoms with Gasteiger partial charge in [0.15, 0.2) is 5.13 Å². The Labute approximate surface area is 200 Å². The van der Waals surface area contributed by atoms with Crippen molar-refractivity contribution in [2.75, 3.05) is 26.1 Å². The van der Waals surface area contributed by atoms with Gasteiger partial charge in [-0.25, -0.2) is 17.7 Å². The summed E-state index contributed by atoms with van der Waals surface area (Å²) in [5.41, 5.74) is 0.853. The van der Waals surface area contributed by atoms with Gasteiger partial charge in [-0.05, 0) is 48.5 Å². The predicted molar refractivity (Wildman–Crippen MR) is 128 cm³/mol. The molecule has 0 saturated heterocycles. The average Bonchev–Trinajstić information content (AvgIpc) is 3.48. The van der Waals surface area contributed by atoms with Crippen LogP contribution in [0.1, 0.15) is 16.1 Å². The van der Waals surface area contributed by atoms with Crippen LogP contribution in [-0.2, 0) is 16.6 Å². The van der Waals surface area contributed by atoms with Crippen LogP contribution in [-0.4, -0.2) is 44.8 Å². The van der Waals surface area contributed by atoms with Crippen LogP contribution >= 0.6 is 22.9 Å². The van der Waals surface area contributed by atoms with E-state index in [1.165, 1.54) is 68.0 Å². The van der Waals surface area contributed by atoms with Gasteiger partial charge in [-0.3, -0.25) is 9.69 Å². The Bertz CT molecular complexity index is 1400. The van der Waals surface area contributed by atoms with E-state index >= 15 is 0 Å². The fraction of sp³-hybridized carbons (Fsp3) is 0.182. The van der Waals surface area contributed by atoms with Crippen molar-refractivity contribution in [3.05, 3.63) is 71.1 Å². The zero-order valence-corrected chi connectivity index (χ0v) is 20.4. The molecule has 0 aliphatic carbocycles. The maximum absolute atomic E-state index is 13.5. The standard InChI is InChI=1S/C22H20ClN3O5S2/c1-25(2)33(28,29)16-8-6-14(7-9-16)21(27)26(13-15-5-4-12-31-15)22-24-19-18(30-3)11-10-17(23)20(19)32-22/h4-12H,13H2,1-3H3. The van der Waals surface area contributed by atoms with Gasteiger partial charge in [0.1, 0.15) is 17.0 Å². The van der Waals surface area contributed by atoms with E-state index in [2.05, 4.69) is 4.98 Å². The van der Waals surface area contributed by atoms with Crippen molar-refractivity contribution in [2.24, 2.45) is 0 Å². The minimum Gasteiger partial charge on any atom is -0.494 e. The topological polar surface area (TPSA) is 92.9 Å². The van der Waals surface area contributed by atoms with Crippen molar-refractivity contribution < 1.29 is 22.4 Å². The first kappa shape index (κ1) is 23.2. The van der Waals surface area contributed by atoms with Gasteiger partial charge < -0.3 is 9.15 Å². The van der Waals surface area contributed by atoms with Crippen molar-refractivity contribution in [3.63, 3.8) is 0 Å². The molecule has 4 rings (SSSR count). The third kappa shape index (κ3) is 4.47. The summed E-state index contributed by atoms with van der Waals surface area (Å²) in [5, 5.41) is 0.904. The predicted octanol–water partition coefficient (Wildman–Crippen LogP) is 4.65. The van der Waals surface area contributed by atoms with Crippen molar-refractivity contribution in [3.8, 4) is 5.75 Å². The molecule has 172 valence electrons. The number of furan rings is 1. The summed E-state index contributed by atoms with van der Waals surface area (Å²) in [6, 6.07) is 12.7. The summed E-state index contributed by atoms with van der Waals surface area (Å²) < 4.78 is 37.4. The van der Waals surface area contributed by atoms with Gasteiger partial charge in [-0.15, -0.1) is 0 Å². The maximum atomic E-state index is 13.5. The first-order valence-corrected chi connectivity index (χ1v) is 12.4. The molecule has 2 aromatic carbocycles. The molecule has 2 aromatic heterocycles. The number of hydrogen-bond acceptors (Lipinski definition) is 7. The average molecular weight is 506 g/mol. The molecule has 8 nitrogen and oxygen atoms in total. The quantitative estimate of drug-likeness (QED) is 0.363. The summed E-state index contributed by atoms with van der Waals surface area (Å²) >= 11 is 7.62. The van der Waals surface area contributed by atoms with E-state index < -0.39 is 10.0 Å². The number of halogens is 1.